The van der Waals surface area contributed by atoms with Crippen LogP contribution in [0.2, 0.25) is 0 Å². The maximum Gasteiger partial charge on any atom is 0.238 e. The molecule has 3 heteroatoms. The van der Waals surface area contributed by atoms with Crippen LogP contribution >= 0.6 is 0 Å². The van der Waals surface area contributed by atoms with E-state index < -0.39 is 0 Å². The number of anilines is 1. The second kappa shape index (κ2) is 6.86. The molecule has 1 amide bonds. The Kier molecular flexibility index (Phi) is 4.90. The largest absolute Gasteiger partial charge is 0.325 e. The summed E-state index contributed by atoms with van der Waals surface area (Å²) in [6.07, 6.45) is 4.15. The molecule has 0 saturated heterocycles. The predicted molar refractivity (Wildman–Crippen MR) is 89.0 cm³/mol. The van der Waals surface area contributed by atoms with Gasteiger partial charge in [0.1, 0.15) is 0 Å². The van der Waals surface area contributed by atoms with Crippen LogP contribution in [0.15, 0.2) is 42.5 Å². The van der Waals surface area contributed by atoms with Crippen molar-refractivity contribution < 1.29 is 4.79 Å². The van der Waals surface area contributed by atoms with Crippen molar-refractivity contribution in [2.45, 2.75) is 13.8 Å². The van der Waals surface area contributed by atoms with Crippen LogP contribution in [0, 0.1) is 13.8 Å². The van der Waals surface area contributed by atoms with Crippen LogP contribution in [-0.2, 0) is 4.79 Å². The van der Waals surface area contributed by atoms with Gasteiger partial charge in [0.05, 0.1) is 6.54 Å². The van der Waals surface area contributed by atoms with E-state index in [1.54, 1.807) is 0 Å². The van der Waals surface area contributed by atoms with Gasteiger partial charge in [0.15, 0.2) is 0 Å². The Labute approximate surface area is 125 Å². The van der Waals surface area contributed by atoms with Gasteiger partial charge >= 0.3 is 0 Å². The number of nitrogens with two attached hydrogens (primary N) is 1. The Morgan fingerprint density at radius 3 is 2.43 bits per heavy atom. The average Bonchev–Trinajstić information content (AvgIpc) is 2.47. The lowest BCUT2D eigenvalue weighted by Crippen LogP contribution is -2.21. The highest BCUT2D eigenvalue weighted by molar-refractivity contribution is 5.92. The summed E-state index contributed by atoms with van der Waals surface area (Å²) in [6, 6.07) is 14.0. The molecule has 2 aromatic rings. The monoisotopic (exact) mass is 280 g/mol. The molecule has 2 aromatic carbocycles. The van der Waals surface area contributed by atoms with Crippen molar-refractivity contribution in [2.24, 2.45) is 5.73 Å². The molecular formula is C18H20N2O. The Bertz CT molecular complexity index is 654. The molecule has 0 aliphatic carbocycles. The normalized spacial score (nSPS) is 10.8. The maximum absolute atomic E-state index is 11.3. The summed E-state index contributed by atoms with van der Waals surface area (Å²) in [6.45, 7) is 4.19. The number of carbonyl (C=O) groups excluding carboxylic acids is 1. The first kappa shape index (κ1) is 15.0. The van der Waals surface area contributed by atoms with Gasteiger partial charge in [0.2, 0.25) is 5.91 Å². The van der Waals surface area contributed by atoms with E-state index in [2.05, 4.69) is 43.4 Å². The van der Waals surface area contributed by atoms with E-state index in [4.69, 9.17) is 5.73 Å². The SMILES string of the molecule is Cc1cccc(C)c1/C=C/c1cccc(NC(=O)CN)c1. The Balaban J connectivity index is 2.21. The molecule has 0 spiro atoms. The third kappa shape index (κ3) is 4.04. The first-order valence-corrected chi connectivity index (χ1v) is 6.94. The number of aryl methyl sites for hydroxylation is 2. The molecule has 21 heavy (non-hydrogen) atoms. The van der Waals surface area contributed by atoms with Crippen LogP contribution in [0.4, 0.5) is 5.69 Å². The minimum absolute atomic E-state index is 0.0114. The van der Waals surface area contributed by atoms with Gasteiger partial charge in [-0.15, -0.1) is 0 Å². The zero-order valence-electron chi connectivity index (χ0n) is 12.4. The lowest BCUT2D eigenvalue weighted by molar-refractivity contribution is -0.114. The molecule has 0 aliphatic heterocycles. The van der Waals surface area contributed by atoms with Crippen molar-refractivity contribution >= 4 is 23.7 Å². The highest BCUT2D eigenvalue weighted by Crippen LogP contribution is 2.18. The van der Waals surface area contributed by atoms with E-state index in [9.17, 15) is 4.79 Å². The van der Waals surface area contributed by atoms with E-state index in [-0.39, 0.29) is 12.5 Å². The molecule has 0 saturated carbocycles. The fraction of sp³-hybridized carbons (Fsp3) is 0.167. The molecule has 0 atom stereocenters. The van der Waals surface area contributed by atoms with Gasteiger partial charge in [-0.05, 0) is 48.2 Å². The zero-order valence-corrected chi connectivity index (χ0v) is 12.4. The zero-order chi connectivity index (χ0) is 15.2. The molecule has 0 radical (unpaired) electrons. The smallest absolute Gasteiger partial charge is 0.238 e. The van der Waals surface area contributed by atoms with Crippen molar-refractivity contribution in [1.82, 2.24) is 0 Å². The molecule has 3 nitrogen and oxygen atoms in total. The van der Waals surface area contributed by atoms with E-state index in [0.717, 1.165) is 11.3 Å². The summed E-state index contributed by atoms with van der Waals surface area (Å²) in [5.41, 5.74) is 10.8. The summed E-state index contributed by atoms with van der Waals surface area (Å²) in [7, 11) is 0. The molecule has 0 unspecified atom stereocenters. The number of hydrogen-bond acceptors (Lipinski definition) is 2. The Morgan fingerprint density at radius 2 is 1.76 bits per heavy atom. The number of benzene rings is 2. The predicted octanol–water partition coefficient (Wildman–Crippen LogP) is 3.37. The Hall–Kier alpha value is -2.39. The van der Waals surface area contributed by atoms with Crippen LogP contribution in [0.25, 0.3) is 12.2 Å². The molecule has 0 fully saturated rings. The van der Waals surface area contributed by atoms with E-state index >= 15 is 0 Å². The van der Waals surface area contributed by atoms with Crippen LogP contribution in [-0.4, -0.2) is 12.5 Å². The van der Waals surface area contributed by atoms with Gasteiger partial charge in [0, 0.05) is 5.69 Å². The number of amides is 1. The molecule has 0 heterocycles. The van der Waals surface area contributed by atoms with Crippen molar-refractivity contribution in [3.05, 3.63) is 64.7 Å². The van der Waals surface area contributed by atoms with Crippen LogP contribution in [0.1, 0.15) is 22.3 Å². The van der Waals surface area contributed by atoms with Crippen molar-refractivity contribution in [3.8, 4) is 0 Å². The first-order valence-electron chi connectivity index (χ1n) is 6.94. The standard InChI is InChI=1S/C18H20N2O/c1-13-5-3-6-14(2)17(13)10-9-15-7-4-8-16(11-15)20-18(21)12-19/h3-11H,12,19H2,1-2H3,(H,20,21)/b10-9+. The fourth-order valence-electron chi connectivity index (χ4n) is 2.20. The Morgan fingerprint density at radius 1 is 1.10 bits per heavy atom. The minimum Gasteiger partial charge on any atom is -0.325 e. The summed E-state index contributed by atoms with van der Waals surface area (Å²) < 4.78 is 0. The van der Waals surface area contributed by atoms with Gasteiger partial charge in [-0.3, -0.25) is 4.79 Å². The van der Waals surface area contributed by atoms with Crippen molar-refractivity contribution in [2.75, 3.05) is 11.9 Å². The van der Waals surface area contributed by atoms with Gasteiger partial charge in [-0.25, -0.2) is 0 Å². The highest BCUT2D eigenvalue weighted by atomic mass is 16.1. The molecule has 0 aliphatic rings. The molecular weight excluding hydrogens is 260 g/mol. The number of nitrogens with one attached hydrogen (secondary N) is 1. The molecule has 3 N–H and O–H groups in total. The fourth-order valence-corrected chi connectivity index (χ4v) is 2.20. The van der Waals surface area contributed by atoms with Crippen LogP contribution < -0.4 is 11.1 Å². The number of hydrogen-bond donors (Lipinski definition) is 2. The highest BCUT2D eigenvalue weighted by Gasteiger charge is 2.00. The average molecular weight is 280 g/mol. The molecule has 2 rings (SSSR count). The second-order valence-corrected chi connectivity index (χ2v) is 5.02. The van der Waals surface area contributed by atoms with Crippen LogP contribution in [0.3, 0.4) is 0 Å². The second-order valence-electron chi connectivity index (χ2n) is 5.02. The van der Waals surface area contributed by atoms with Gasteiger partial charge in [0.25, 0.3) is 0 Å². The first-order chi connectivity index (χ1) is 10.1. The van der Waals surface area contributed by atoms with E-state index in [1.165, 1.54) is 16.7 Å². The summed E-state index contributed by atoms with van der Waals surface area (Å²) in [5.74, 6) is -0.189. The van der Waals surface area contributed by atoms with Crippen molar-refractivity contribution in [3.63, 3.8) is 0 Å². The topological polar surface area (TPSA) is 55.1 Å². The van der Waals surface area contributed by atoms with Gasteiger partial charge in [-0.1, -0.05) is 42.5 Å². The number of rotatable bonds is 4. The number of carbonyl (C=O) groups is 1. The summed E-state index contributed by atoms with van der Waals surface area (Å²) in [5, 5.41) is 2.76. The van der Waals surface area contributed by atoms with Gasteiger partial charge in [-0.2, -0.15) is 0 Å². The minimum atomic E-state index is -0.189. The molecule has 108 valence electrons. The van der Waals surface area contributed by atoms with E-state index in [1.807, 2.05) is 30.3 Å². The van der Waals surface area contributed by atoms with Gasteiger partial charge < -0.3 is 11.1 Å². The maximum atomic E-state index is 11.3. The third-order valence-electron chi connectivity index (χ3n) is 3.34. The lowest BCUT2D eigenvalue weighted by atomic mass is 10.0. The quantitative estimate of drug-likeness (QED) is 0.844. The molecule has 0 aromatic heterocycles. The van der Waals surface area contributed by atoms with Crippen LogP contribution in [0.5, 0.6) is 0 Å². The third-order valence-corrected chi connectivity index (χ3v) is 3.34. The van der Waals surface area contributed by atoms with Crippen molar-refractivity contribution in [1.29, 1.82) is 0 Å². The molecule has 0 bridgehead atoms. The van der Waals surface area contributed by atoms with E-state index in [0.29, 0.717) is 0 Å². The summed E-state index contributed by atoms with van der Waals surface area (Å²) >= 11 is 0. The lowest BCUT2D eigenvalue weighted by Gasteiger charge is -2.06. The summed E-state index contributed by atoms with van der Waals surface area (Å²) in [4.78, 5) is 11.3.